The van der Waals surface area contributed by atoms with Crippen LogP contribution in [0.4, 0.5) is 10.6 Å². The number of aromatic nitrogens is 4. The van der Waals surface area contributed by atoms with Crippen LogP contribution in [0.3, 0.4) is 0 Å². The molecule has 9 nitrogen and oxygen atoms in total. The Kier molecular flexibility index (Phi) is 7.46. The van der Waals surface area contributed by atoms with Crippen molar-refractivity contribution in [3.05, 3.63) is 77.9 Å². The highest BCUT2D eigenvalue weighted by Gasteiger charge is 2.16. The van der Waals surface area contributed by atoms with Crippen molar-refractivity contribution in [2.75, 3.05) is 25.6 Å². The summed E-state index contributed by atoms with van der Waals surface area (Å²) in [4.78, 5) is 21.7. The molecule has 3 N–H and O–H groups in total. The van der Waals surface area contributed by atoms with Crippen molar-refractivity contribution in [1.82, 2.24) is 30.4 Å². The molecule has 0 bridgehead atoms. The Morgan fingerprint density at radius 2 is 2.00 bits per heavy atom. The Morgan fingerprint density at radius 1 is 1.18 bits per heavy atom. The molecule has 176 valence electrons. The lowest BCUT2D eigenvalue weighted by molar-refractivity contribution is 0.199. The lowest BCUT2D eigenvalue weighted by Crippen LogP contribution is -2.31. The number of fused-ring (bicyclic) bond motifs is 1. The Labute approximate surface area is 198 Å². The number of rotatable bonds is 9. The van der Waals surface area contributed by atoms with E-state index in [2.05, 4.69) is 26.0 Å². The van der Waals surface area contributed by atoms with E-state index in [1.807, 2.05) is 67.1 Å². The van der Waals surface area contributed by atoms with E-state index in [1.54, 1.807) is 19.5 Å². The topological polar surface area (TPSA) is 106 Å². The van der Waals surface area contributed by atoms with E-state index >= 15 is 0 Å². The molecule has 0 aliphatic rings. The zero-order valence-corrected chi connectivity index (χ0v) is 19.6. The summed E-state index contributed by atoms with van der Waals surface area (Å²) in [5.74, 6) is 0.458. The van der Waals surface area contributed by atoms with E-state index in [0.717, 1.165) is 33.5 Å². The number of nitrogens with one attached hydrogen (secondary N) is 3. The van der Waals surface area contributed by atoms with E-state index < -0.39 is 0 Å². The molecule has 34 heavy (non-hydrogen) atoms. The van der Waals surface area contributed by atoms with Gasteiger partial charge in [0.25, 0.3) is 0 Å². The van der Waals surface area contributed by atoms with Gasteiger partial charge in [-0.25, -0.2) is 14.5 Å². The third-order valence-electron chi connectivity index (χ3n) is 5.41. The highest BCUT2D eigenvalue weighted by atomic mass is 16.5. The molecule has 2 amide bonds. The first-order chi connectivity index (χ1) is 16.5. The maximum Gasteiger partial charge on any atom is 0.320 e. The van der Waals surface area contributed by atoms with Crippen LogP contribution in [0.5, 0.6) is 0 Å². The molecule has 9 heteroatoms. The van der Waals surface area contributed by atoms with E-state index in [9.17, 15) is 4.79 Å². The number of aryl methyl sites for hydroxylation is 1. The minimum Gasteiger partial charge on any atom is -0.383 e. The van der Waals surface area contributed by atoms with Gasteiger partial charge >= 0.3 is 6.03 Å². The maximum atomic E-state index is 12.7. The van der Waals surface area contributed by atoms with Crippen LogP contribution < -0.4 is 16.0 Å². The molecule has 3 heterocycles. The Morgan fingerprint density at radius 3 is 2.76 bits per heavy atom. The summed E-state index contributed by atoms with van der Waals surface area (Å²) in [5.41, 5.74) is 4.47. The summed E-state index contributed by atoms with van der Waals surface area (Å²) in [6, 6.07) is 15.1. The predicted molar refractivity (Wildman–Crippen MR) is 132 cm³/mol. The highest BCUT2D eigenvalue weighted by molar-refractivity contribution is 5.92. The van der Waals surface area contributed by atoms with Crippen LogP contribution in [0, 0.1) is 6.92 Å². The number of nitrogens with zero attached hydrogens (tertiary/aromatic N) is 4. The average molecular weight is 460 g/mol. The van der Waals surface area contributed by atoms with Crippen molar-refractivity contribution in [2.24, 2.45) is 0 Å². The molecular weight excluding hydrogens is 430 g/mol. The number of carbonyl (C=O) groups excluding carboxylic acids is 1. The number of hydrogen-bond acceptors (Lipinski definition) is 6. The molecule has 0 saturated carbocycles. The Hall–Kier alpha value is -3.82. The fourth-order valence-corrected chi connectivity index (χ4v) is 3.73. The number of carbonyl (C=O) groups is 1. The molecule has 0 fully saturated rings. The molecule has 0 spiro atoms. The van der Waals surface area contributed by atoms with Gasteiger partial charge in [-0.05, 0) is 37.6 Å². The summed E-state index contributed by atoms with van der Waals surface area (Å²) in [7, 11) is 1.67. The molecule has 1 aromatic carbocycles. The van der Waals surface area contributed by atoms with Gasteiger partial charge in [0, 0.05) is 37.5 Å². The molecule has 4 aromatic rings. The van der Waals surface area contributed by atoms with Crippen LogP contribution in [0.25, 0.3) is 16.6 Å². The number of anilines is 1. The van der Waals surface area contributed by atoms with Gasteiger partial charge in [0.1, 0.15) is 5.82 Å². The summed E-state index contributed by atoms with van der Waals surface area (Å²) in [6.07, 6.45) is 3.54. The molecule has 0 saturated heterocycles. The van der Waals surface area contributed by atoms with Gasteiger partial charge in [0.15, 0.2) is 0 Å². The summed E-state index contributed by atoms with van der Waals surface area (Å²) < 4.78 is 6.99. The van der Waals surface area contributed by atoms with Crippen molar-refractivity contribution in [3.8, 4) is 5.69 Å². The number of urea groups is 1. The SMILES string of the molecule is COCCNCc1nc(NC(=O)N[C@H](C)c2ccccc2)cc2cnn(-c3ccnc(C)c3)c12. The highest BCUT2D eigenvalue weighted by Crippen LogP contribution is 2.24. The standard InChI is InChI=1S/C25H29N7O2/c1-17-13-21(9-10-27-17)32-24-20(15-28-32)14-23(30-22(24)16-26-11-12-34-3)31-25(33)29-18(2)19-7-5-4-6-8-19/h4-10,13-15,18,26H,11-12,16H2,1-3H3,(H2,29,30,31,33)/t18-/m1/s1. The number of hydrogen-bond donors (Lipinski definition) is 3. The lowest BCUT2D eigenvalue weighted by Gasteiger charge is -2.16. The molecule has 0 aliphatic heterocycles. The van der Waals surface area contributed by atoms with Crippen LogP contribution in [-0.4, -0.2) is 46.0 Å². The van der Waals surface area contributed by atoms with Crippen LogP contribution in [0.2, 0.25) is 0 Å². The fourth-order valence-electron chi connectivity index (χ4n) is 3.73. The largest absolute Gasteiger partial charge is 0.383 e. The molecular formula is C25H29N7O2. The lowest BCUT2D eigenvalue weighted by atomic mass is 10.1. The first kappa shape index (κ1) is 23.3. The predicted octanol–water partition coefficient (Wildman–Crippen LogP) is 3.74. The van der Waals surface area contributed by atoms with Crippen molar-refractivity contribution >= 4 is 22.8 Å². The third-order valence-corrected chi connectivity index (χ3v) is 5.41. The second-order valence-electron chi connectivity index (χ2n) is 8.00. The van der Waals surface area contributed by atoms with Gasteiger partial charge in [-0.1, -0.05) is 30.3 Å². The zero-order valence-electron chi connectivity index (χ0n) is 19.6. The monoisotopic (exact) mass is 459 g/mol. The second kappa shape index (κ2) is 10.9. The minimum atomic E-state index is -0.321. The second-order valence-corrected chi connectivity index (χ2v) is 8.00. The van der Waals surface area contributed by atoms with Crippen molar-refractivity contribution in [1.29, 1.82) is 0 Å². The molecule has 0 aliphatic carbocycles. The van der Waals surface area contributed by atoms with E-state index in [4.69, 9.17) is 9.72 Å². The quantitative estimate of drug-likeness (QED) is 0.329. The number of benzene rings is 1. The molecule has 0 unspecified atom stereocenters. The average Bonchev–Trinajstić information content (AvgIpc) is 3.26. The summed E-state index contributed by atoms with van der Waals surface area (Å²) >= 11 is 0. The van der Waals surface area contributed by atoms with E-state index in [-0.39, 0.29) is 12.1 Å². The molecule has 0 radical (unpaired) electrons. The van der Waals surface area contributed by atoms with Gasteiger partial charge in [-0.2, -0.15) is 5.10 Å². The molecule has 3 aromatic heterocycles. The smallest absolute Gasteiger partial charge is 0.320 e. The normalized spacial score (nSPS) is 12.0. The van der Waals surface area contributed by atoms with Crippen molar-refractivity contribution in [2.45, 2.75) is 26.4 Å². The summed E-state index contributed by atoms with van der Waals surface area (Å²) in [6.45, 7) is 5.64. The number of pyridine rings is 2. The number of ether oxygens (including phenoxy) is 1. The Bertz CT molecular complexity index is 1260. The van der Waals surface area contributed by atoms with Gasteiger partial charge < -0.3 is 15.4 Å². The van der Waals surface area contributed by atoms with Crippen molar-refractivity contribution < 1.29 is 9.53 Å². The van der Waals surface area contributed by atoms with Gasteiger partial charge in [-0.15, -0.1) is 0 Å². The maximum absolute atomic E-state index is 12.7. The van der Waals surface area contributed by atoms with Crippen molar-refractivity contribution in [3.63, 3.8) is 0 Å². The van der Waals surface area contributed by atoms with Crippen LogP contribution in [0.1, 0.15) is 29.9 Å². The fraction of sp³-hybridized carbons (Fsp3) is 0.280. The van der Waals surface area contributed by atoms with E-state index in [1.165, 1.54) is 0 Å². The zero-order chi connectivity index (χ0) is 23.9. The first-order valence-electron chi connectivity index (χ1n) is 11.2. The van der Waals surface area contributed by atoms with E-state index in [0.29, 0.717) is 25.5 Å². The minimum absolute atomic E-state index is 0.141. The van der Waals surface area contributed by atoms with Gasteiger partial charge in [0.05, 0.1) is 35.7 Å². The van der Waals surface area contributed by atoms with Gasteiger partial charge in [-0.3, -0.25) is 10.3 Å². The van der Waals surface area contributed by atoms with Crippen LogP contribution in [-0.2, 0) is 11.3 Å². The van der Waals surface area contributed by atoms with Gasteiger partial charge in [0.2, 0.25) is 0 Å². The number of methoxy groups -OCH3 is 1. The summed E-state index contributed by atoms with van der Waals surface area (Å²) in [5, 5.41) is 14.6. The van der Waals surface area contributed by atoms with Crippen LogP contribution >= 0.6 is 0 Å². The molecule has 4 rings (SSSR count). The third kappa shape index (κ3) is 5.56. The Balaban J connectivity index is 1.60. The molecule has 1 atom stereocenters. The van der Waals surface area contributed by atoms with Crippen LogP contribution in [0.15, 0.2) is 60.9 Å². The number of amides is 2. The first-order valence-corrected chi connectivity index (χ1v) is 11.2.